The van der Waals surface area contributed by atoms with Gasteiger partial charge in [-0.2, -0.15) is 12.6 Å². The third-order valence-electron chi connectivity index (χ3n) is 15.2. The van der Waals surface area contributed by atoms with E-state index in [-0.39, 0.29) is 88.7 Å². The van der Waals surface area contributed by atoms with Crippen LogP contribution in [0.4, 0.5) is 0 Å². The fraction of sp³-hybridized carbons (Fsp3) is 0.484. The number of benzene rings is 3. The molecule has 2 heterocycles. The molecule has 0 radical (unpaired) electrons. The number of likely N-dealkylation sites (tertiary alicyclic amines) is 1. The SMILES string of the molecule is CC[C@H](NC(=O)CNC(=O)[C@@H]1CCCN1C(=O)[C@H](Cc1csc2ccccc12)NC(=O)[C@H](Cc1ccc2ccccc2c1)NC(=O)CNC(=O)[C@H](CCCNC(=N)N)NC(=O)[C@@H](CCCNC(=N)N)NC(=O)[C@H](CS)NC(C)=O)C(=O)NCC(=O)NC(C(=O)O)C(C)(C)C. The molecule has 1 aromatic heterocycles. The maximum Gasteiger partial charge on any atom is 0.326 e. The van der Waals surface area contributed by atoms with Crippen molar-refractivity contribution in [3.63, 3.8) is 0 Å². The molecule has 0 aliphatic carbocycles. The monoisotopic (exact) mass is 1340 g/mol. The highest BCUT2D eigenvalue weighted by molar-refractivity contribution is 7.80. The molecule has 11 amide bonds. The molecule has 30 nitrogen and oxygen atoms in total. The summed E-state index contributed by atoms with van der Waals surface area (Å²) in [6.45, 7) is 6.09. The number of thiophene rings is 1. The lowest BCUT2D eigenvalue weighted by atomic mass is 9.87. The van der Waals surface area contributed by atoms with E-state index in [1.54, 1.807) is 33.8 Å². The number of amides is 11. The van der Waals surface area contributed by atoms with Crippen molar-refractivity contribution in [2.45, 2.75) is 141 Å². The molecule has 1 unspecified atom stereocenters. The molecule has 1 aliphatic heterocycles. The second-order valence-electron chi connectivity index (χ2n) is 23.6. The fourth-order valence-electron chi connectivity index (χ4n) is 10.3. The van der Waals surface area contributed by atoms with Crippen molar-refractivity contribution in [2.75, 3.05) is 45.0 Å². The zero-order chi connectivity index (χ0) is 69.2. The minimum absolute atomic E-state index is 0.0266. The molecule has 1 fully saturated rings. The third kappa shape index (κ3) is 23.8. The Bertz CT molecular complexity index is 3420. The van der Waals surface area contributed by atoms with E-state index in [1.165, 1.54) is 23.2 Å². The van der Waals surface area contributed by atoms with Crippen molar-refractivity contribution < 1.29 is 62.6 Å². The largest absolute Gasteiger partial charge is 0.480 e. The minimum atomic E-state index is -1.41. The number of thiol groups is 1. The normalized spacial score (nSPS) is 15.0. The molecule has 94 heavy (non-hydrogen) atoms. The number of nitrogens with zero attached hydrogens (tertiary/aromatic N) is 1. The lowest BCUT2D eigenvalue weighted by Crippen LogP contribution is -2.59. The van der Waals surface area contributed by atoms with E-state index in [0.29, 0.717) is 17.5 Å². The Morgan fingerprint density at radius 1 is 0.628 bits per heavy atom. The van der Waals surface area contributed by atoms with Crippen LogP contribution >= 0.6 is 24.0 Å². The zero-order valence-electron chi connectivity index (χ0n) is 53.2. The number of carbonyl (C=O) groups excluding carboxylic acids is 11. The van der Waals surface area contributed by atoms with Gasteiger partial charge in [0, 0.05) is 49.9 Å². The average molecular weight is 1340 g/mol. The summed E-state index contributed by atoms with van der Waals surface area (Å²) in [6.07, 6.45) is 0.708. The van der Waals surface area contributed by atoms with E-state index >= 15 is 9.59 Å². The molecule has 0 spiro atoms. The van der Waals surface area contributed by atoms with Crippen LogP contribution in [0.5, 0.6) is 0 Å². The van der Waals surface area contributed by atoms with Gasteiger partial charge in [-0.25, -0.2) is 4.79 Å². The van der Waals surface area contributed by atoms with Crippen molar-refractivity contribution in [1.29, 1.82) is 10.8 Å². The van der Waals surface area contributed by atoms with Crippen LogP contribution in [0, 0.1) is 16.2 Å². The number of nitrogens with two attached hydrogens (primary N) is 2. The Balaban J connectivity index is 1.35. The highest BCUT2D eigenvalue weighted by Gasteiger charge is 2.40. The van der Waals surface area contributed by atoms with E-state index in [0.717, 1.165) is 20.9 Å². The third-order valence-corrected chi connectivity index (χ3v) is 16.6. The smallest absolute Gasteiger partial charge is 0.326 e. The number of fused-ring (bicyclic) bond motifs is 2. The molecule has 1 aliphatic rings. The Morgan fingerprint density at radius 3 is 1.74 bits per heavy atom. The highest BCUT2D eigenvalue weighted by atomic mass is 32.1. The Hall–Kier alpha value is -9.59. The molecule has 3 aromatic carbocycles. The van der Waals surface area contributed by atoms with Gasteiger partial charge in [-0.1, -0.05) is 88.4 Å². The number of carbonyl (C=O) groups is 12. The van der Waals surface area contributed by atoms with Gasteiger partial charge < -0.3 is 85.3 Å². The number of nitrogens with one attached hydrogen (secondary N) is 14. The van der Waals surface area contributed by atoms with E-state index in [1.807, 2.05) is 66.0 Å². The van der Waals surface area contributed by atoms with Gasteiger partial charge in [0.15, 0.2) is 11.9 Å². The van der Waals surface area contributed by atoms with Gasteiger partial charge in [0.1, 0.15) is 48.3 Å². The number of carboxylic acids is 1. The summed E-state index contributed by atoms with van der Waals surface area (Å²) in [5, 5.41) is 60.0. The van der Waals surface area contributed by atoms with Gasteiger partial charge in [0.25, 0.3) is 0 Å². The van der Waals surface area contributed by atoms with Crippen LogP contribution in [0.1, 0.15) is 90.7 Å². The van der Waals surface area contributed by atoms with E-state index in [9.17, 15) is 53.1 Å². The minimum Gasteiger partial charge on any atom is -0.480 e. The van der Waals surface area contributed by atoms with E-state index < -0.39 is 144 Å². The number of carboxylic acid groups (broad SMARTS) is 1. The Kier molecular flexibility index (Phi) is 29.3. The van der Waals surface area contributed by atoms with E-state index in [2.05, 4.69) is 76.4 Å². The van der Waals surface area contributed by atoms with Gasteiger partial charge in [-0.3, -0.25) is 63.6 Å². The molecule has 0 bridgehead atoms. The first-order valence-electron chi connectivity index (χ1n) is 30.7. The quantitative estimate of drug-likeness (QED) is 0.0109. The first-order chi connectivity index (χ1) is 44.6. The van der Waals surface area contributed by atoms with Crippen molar-refractivity contribution in [3.8, 4) is 0 Å². The molecular weight excluding hydrogens is 1250 g/mol. The number of guanidine groups is 2. The molecule has 19 N–H and O–H groups in total. The van der Waals surface area contributed by atoms with Crippen LogP contribution in [-0.2, 0) is 70.4 Å². The van der Waals surface area contributed by atoms with Crippen molar-refractivity contribution in [1.82, 2.24) is 68.7 Å². The molecule has 510 valence electrons. The van der Waals surface area contributed by atoms with Gasteiger partial charge in [0.2, 0.25) is 65.0 Å². The average Bonchev–Trinajstić information content (AvgIpc) is 1.60. The van der Waals surface area contributed by atoms with Crippen LogP contribution < -0.4 is 75.3 Å². The second-order valence-corrected chi connectivity index (χ2v) is 24.9. The number of hydrogen-bond donors (Lipinski definition) is 18. The topological polar surface area (TPSA) is 472 Å². The summed E-state index contributed by atoms with van der Waals surface area (Å²) < 4.78 is 0.898. The lowest BCUT2D eigenvalue weighted by molar-refractivity contribution is -0.145. The number of rotatable bonds is 35. The van der Waals surface area contributed by atoms with Crippen LogP contribution in [0.2, 0.25) is 0 Å². The van der Waals surface area contributed by atoms with Gasteiger partial charge in [-0.05, 0) is 89.1 Å². The molecule has 32 heteroatoms. The van der Waals surface area contributed by atoms with Crippen LogP contribution in [0.25, 0.3) is 20.9 Å². The Morgan fingerprint density at radius 2 is 1.16 bits per heavy atom. The number of aliphatic carboxylic acids is 1. The van der Waals surface area contributed by atoms with Crippen LogP contribution in [0.15, 0.2) is 72.1 Å². The molecule has 0 saturated carbocycles. The lowest BCUT2D eigenvalue weighted by Gasteiger charge is -2.30. The molecule has 1 saturated heterocycles. The molecule has 5 rings (SSSR count). The maximum atomic E-state index is 15.1. The highest BCUT2D eigenvalue weighted by Crippen LogP contribution is 2.28. The summed E-state index contributed by atoms with van der Waals surface area (Å²) in [5.41, 5.74) is 11.4. The summed E-state index contributed by atoms with van der Waals surface area (Å²) >= 11 is 5.58. The van der Waals surface area contributed by atoms with Crippen molar-refractivity contribution >= 4 is 128 Å². The summed E-state index contributed by atoms with van der Waals surface area (Å²) in [6, 6.07) is 10.3. The summed E-state index contributed by atoms with van der Waals surface area (Å²) in [4.78, 5) is 164. The first-order valence-corrected chi connectivity index (χ1v) is 32.2. The molecular formula is C62H87N17O13S2. The maximum absolute atomic E-state index is 15.1. The predicted octanol–water partition coefficient (Wildman–Crippen LogP) is -1.41. The standard InChI is InChI=1S/C62H87N17O13S2/c1-6-40(52(84)69-31-50(83)78-51(59(91)92)62(3,4)5)73-48(81)30-71-57(89)46-19-13-25-79(46)58(90)44(28-38-33-94-47-20-10-9-16-39(38)47)77-55(87)43(27-35-21-22-36-14-7-8-15-37(36)26-35)74-49(82)29-70-53(85)41(17-11-23-67-60(63)64)75-54(86)42(18-12-24-68-61(65)66)76-56(88)45(32-93)72-34(2)80/h7-10,14-16,20-22,26,33,40-46,51,93H,6,11-13,17-19,23-25,27-32H2,1-5H3,(H,69,84)(H,70,85)(H,71,89)(H,72,80)(H,73,81)(H,74,82)(H,75,86)(H,76,88)(H,77,87)(H,78,83)(H,91,92)(H4,63,64,67)(H4,65,66,68)/t40-,41-,42+,43-,44-,45-,46-,51?/m0/s1. The Labute approximate surface area is 553 Å². The van der Waals surface area contributed by atoms with Gasteiger partial charge in [0.05, 0.1) is 19.6 Å². The van der Waals surface area contributed by atoms with Crippen LogP contribution in [0.3, 0.4) is 0 Å². The van der Waals surface area contributed by atoms with Crippen LogP contribution in [-0.4, -0.2) is 186 Å². The van der Waals surface area contributed by atoms with Crippen molar-refractivity contribution in [3.05, 3.63) is 83.2 Å². The zero-order valence-corrected chi connectivity index (χ0v) is 54.9. The first kappa shape index (κ1) is 75.1. The second kappa shape index (κ2) is 36.6. The molecule has 4 aromatic rings. The number of hydrogen-bond acceptors (Lipinski definition) is 16. The predicted molar refractivity (Wildman–Crippen MR) is 356 cm³/mol. The van der Waals surface area contributed by atoms with E-state index in [4.69, 9.17) is 22.3 Å². The summed E-state index contributed by atoms with van der Waals surface area (Å²) in [7, 11) is 0. The van der Waals surface area contributed by atoms with Gasteiger partial charge >= 0.3 is 5.97 Å². The van der Waals surface area contributed by atoms with Gasteiger partial charge in [-0.15, -0.1) is 11.3 Å². The fourth-order valence-corrected chi connectivity index (χ4v) is 11.6. The summed E-state index contributed by atoms with van der Waals surface area (Å²) in [5.74, 6) is -10.3. The van der Waals surface area contributed by atoms with Crippen molar-refractivity contribution in [2.24, 2.45) is 16.9 Å². The molecule has 8 atom stereocenters.